The molecule has 7 heteroatoms. The summed E-state index contributed by atoms with van der Waals surface area (Å²) >= 11 is 1.39. The molecule has 0 saturated carbocycles. The van der Waals surface area contributed by atoms with E-state index in [9.17, 15) is 9.59 Å². The molecule has 2 aromatic carbocycles. The first kappa shape index (κ1) is 23.5. The molecule has 168 valence electrons. The Balaban J connectivity index is 1.62. The van der Waals surface area contributed by atoms with Gasteiger partial charge in [-0.2, -0.15) is 0 Å². The highest BCUT2D eigenvalue weighted by molar-refractivity contribution is 7.14. The van der Waals surface area contributed by atoms with E-state index in [1.54, 1.807) is 24.3 Å². The molecule has 0 radical (unpaired) electrons. The van der Waals surface area contributed by atoms with Crippen LogP contribution in [-0.2, 0) is 16.0 Å². The number of nitrogens with one attached hydrogen (secondary N) is 1. The van der Waals surface area contributed by atoms with Gasteiger partial charge in [0.15, 0.2) is 11.7 Å². The zero-order valence-electron chi connectivity index (χ0n) is 18.8. The van der Waals surface area contributed by atoms with Crippen molar-refractivity contribution in [1.82, 2.24) is 4.98 Å². The fourth-order valence-electron chi connectivity index (χ4n) is 3.32. The van der Waals surface area contributed by atoms with Crippen molar-refractivity contribution in [2.75, 3.05) is 11.9 Å². The maximum absolute atomic E-state index is 12.3. The summed E-state index contributed by atoms with van der Waals surface area (Å²) in [5.74, 6) is 0.695. The number of anilines is 1. The second kappa shape index (κ2) is 10.4. The first-order chi connectivity index (χ1) is 15.2. The molecule has 0 aliphatic heterocycles. The van der Waals surface area contributed by atoms with Crippen LogP contribution < -0.4 is 15.8 Å². The highest BCUT2D eigenvalue weighted by Crippen LogP contribution is 2.33. The maximum atomic E-state index is 12.3. The molecule has 1 heterocycles. The van der Waals surface area contributed by atoms with Crippen molar-refractivity contribution < 1.29 is 14.3 Å². The average Bonchev–Trinajstić information content (AvgIpc) is 3.20. The molecule has 0 saturated heterocycles. The van der Waals surface area contributed by atoms with Gasteiger partial charge in [-0.15, -0.1) is 11.3 Å². The van der Waals surface area contributed by atoms with E-state index in [4.69, 9.17) is 10.5 Å². The third-order valence-corrected chi connectivity index (χ3v) is 5.82. The molecule has 3 N–H and O–H groups in total. The molecule has 0 aliphatic carbocycles. The minimum absolute atomic E-state index is 0.135. The molecular weight excluding hydrogens is 422 g/mol. The van der Waals surface area contributed by atoms with E-state index in [1.807, 2.05) is 5.38 Å². The van der Waals surface area contributed by atoms with E-state index < -0.39 is 5.91 Å². The summed E-state index contributed by atoms with van der Waals surface area (Å²) in [6.45, 7) is 8.59. The standard InChI is InChI=1S/C25H29N3O3S/c1-15(2)18-7-10-20(21(12-18)16(3)4)22-14-32-25(27-22)28-24(30)13-31-19-8-5-17(6-9-19)11-23(26)29/h5-10,12,14-16H,11,13H2,1-4H3,(H2,26,29)(H,27,28,30). The number of thiazole rings is 1. The van der Waals surface area contributed by atoms with Crippen LogP contribution in [0.3, 0.4) is 0 Å². The molecular formula is C25H29N3O3S. The van der Waals surface area contributed by atoms with Gasteiger partial charge in [-0.1, -0.05) is 58.0 Å². The monoisotopic (exact) mass is 451 g/mol. The van der Waals surface area contributed by atoms with Crippen LogP contribution in [0.5, 0.6) is 5.75 Å². The van der Waals surface area contributed by atoms with Crippen molar-refractivity contribution >= 4 is 28.3 Å². The van der Waals surface area contributed by atoms with Crippen molar-refractivity contribution in [3.8, 4) is 17.0 Å². The van der Waals surface area contributed by atoms with Gasteiger partial charge < -0.3 is 10.5 Å². The molecule has 0 fully saturated rings. The number of aromatic nitrogens is 1. The number of primary amides is 1. The lowest BCUT2D eigenvalue weighted by Gasteiger charge is -2.15. The van der Waals surface area contributed by atoms with E-state index in [0.717, 1.165) is 16.8 Å². The largest absolute Gasteiger partial charge is 0.484 e. The Morgan fingerprint density at radius 2 is 1.78 bits per heavy atom. The number of rotatable bonds is 9. The SMILES string of the molecule is CC(C)c1ccc(-c2csc(NC(=O)COc3ccc(CC(N)=O)cc3)n2)c(C(C)C)c1. The lowest BCUT2D eigenvalue weighted by molar-refractivity contribution is -0.118. The molecule has 6 nitrogen and oxygen atoms in total. The molecule has 0 bridgehead atoms. The number of ether oxygens (including phenoxy) is 1. The van der Waals surface area contributed by atoms with Gasteiger partial charge in [0.1, 0.15) is 5.75 Å². The lowest BCUT2D eigenvalue weighted by atomic mass is 9.90. The maximum Gasteiger partial charge on any atom is 0.264 e. The van der Waals surface area contributed by atoms with Crippen molar-refractivity contribution in [3.05, 3.63) is 64.5 Å². The molecule has 0 atom stereocenters. The lowest BCUT2D eigenvalue weighted by Crippen LogP contribution is -2.20. The summed E-state index contributed by atoms with van der Waals surface area (Å²) < 4.78 is 5.53. The molecule has 0 spiro atoms. The van der Waals surface area contributed by atoms with Crippen LogP contribution in [0.15, 0.2) is 47.8 Å². The summed E-state index contributed by atoms with van der Waals surface area (Å²) in [6.07, 6.45) is 0.172. The molecule has 3 rings (SSSR count). The van der Waals surface area contributed by atoms with Gasteiger partial charge in [-0.3, -0.25) is 14.9 Å². The second-order valence-corrected chi connectivity index (χ2v) is 9.18. The topological polar surface area (TPSA) is 94.3 Å². The third kappa shape index (κ3) is 6.17. The predicted molar refractivity (Wildman–Crippen MR) is 129 cm³/mol. The van der Waals surface area contributed by atoms with Crippen molar-refractivity contribution in [3.63, 3.8) is 0 Å². The van der Waals surface area contributed by atoms with Gasteiger partial charge in [-0.05, 0) is 40.7 Å². The van der Waals surface area contributed by atoms with Crippen molar-refractivity contribution in [2.24, 2.45) is 5.73 Å². The number of hydrogen-bond acceptors (Lipinski definition) is 5. The van der Waals surface area contributed by atoms with Gasteiger partial charge >= 0.3 is 0 Å². The zero-order valence-corrected chi connectivity index (χ0v) is 19.7. The van der Waals surface area contributed by atoms with Gasteiger partial charge in [-0.25, -0.2) is 4.98 Å². The molecule has 3 aromatic rings. The van der Waals surface area contributed by atoms with Crippen LogP contribution in [0, 0.1) is 0 Å². The normalized spacial score (nSPS) is 11.1. The summed E-state index contributed by atoms with van der Waals surface area (Å²) in [5, 5.41) is 5.30. The number of nitrogens with two attached hydrogens (primary N) is 1. The highest BCUT2D eigenvalue weighted by Gasteiger charge is 2.15. The van der Waals surface area contributed by atoms with Gasteiger partial charge in [0.2, 0.25) is 5.91 Å². The number of carbonyl (C=O) groups excluding carboxylic acids is 2. The Bertz CT molecular complexity index is 1090. The minimum Gasteiger partial charge on any atom is -0.484 e. The molecule has 0 aliphatic rings. The third-order valence-electron chi connectivity index (χ3n) is 5.06. The first-order valence-electron chi connectivity index (χ1n) is 10.6. The average molecular weight is 452 g/mol. The van der Waals surface area contributed by atoms with Crippen LogP contribution in [0.2, 0.25) is 0 Å². The van der Waals surface area contributed by atoms with Crippen LogP contribution in [-0.4, -0.2) is 23.4 Å². The summed E-state index contributed by atoms with van der Waals surface area (Å²) in [6, 6.07) is 13.4. The highest BCUT2D eigenvalue weighted by atomic mass is 32.1. The number of benzene rings is 2. The Morgan fingerprint density at radius 1 is 1.06 bits per heavy atom. The first-order valence-corrected chi connectivity index (χ1v) is 11.5. The van der Waals surface area contributed by atoms with E-state index in [-0.39, 0.29) is 18.9 Å². The quantitative estimate of drug-likeness (QED) is 0.473. The zero-order chi connectivity index (χ0) is 23.3. The minimum atomic E-state index is -0.391. The summed E-state index contributed by atoms with van der Waals surface area (Å²) in [7, 11) is 0. The van der Waals surface area contributed by atoms with E-state index in [2.05, 4.69) is 56.2 Å². The van der Waals surface area contributed by atoms with Gasteiger partial charge in [0, 0.05) is 10.9 Å². The van der Waals surface area contributed by atoms with E-state index >= 15 is 0 Å². The summed E-state index contributed by atoms with van der Waals surface area (Å²) in [5.41, 5.74) is 10.5. The number of hydrogen-bond donors (Lipinski definition) is 2. The Hall–Kier alpha value is -3.19. The number of nitrogens with zero attached hydrogens (tertiary/aromatic N) is 1. The molecule has 0 unspecified atom stereocenters. The fraction of sp³-hybridized carbons (Fsp3) is 0.320. The van der Waals surface area contributed by atoms with Crippen LogP contribution in [0.1, 0.15) is 56.2 Å². The fourth-order valence-corrected chi connectivity index (χ4v) is 4.04. The second-order valence-electron chi connectivity index (χ2n) is 8.32. The molecule has 32 heavy (non-hydrogen) atoms. The van der Waals surface area contributed by atoms with Gasteiger partial charge in [0.25, 0.3) is 5.91 Å². The Morgan fingerprint density at radius 3 is 2.41 bits per heavy atom. The Labute approximate surface area is 192 Å². The van der Waals surface area contributed by atoms with E-state index in [0.29, 0.717) is 22.7 Å². The molecule has 2 amide bonds. The van der Waals surface area contributed by atoms with Crippen LogP contribution in [0.4, 0.5) is 5.13 Å². The van der Waals surface area contributed by atoms with Crippen molar-refractivity contribution in [2.45, 2.75) is 46.0 Å². The van der Waals surface area contributed by atoms with Crippen LogP contribution in [0.25, 0.3) is 11.3 Å². The molecule has 1 aromatic heterocycles. The van der Waals surface area contributed by atoms with Crippen LogP contribution >= 0.6 is 11.3 Å². The van der Waals surface area contributed by atoms with Gasteiger partial charge in [0.05, 0.1) is 12.1 Å². The Kier molecular flexibility index (Phi) is 7.64. The summed E-state index contributed by atoms with van der Waals surface area (Å²) in [4.78, 5) is 27.9. The number of amides is 2. The van der Waals surface area contributed by atoms with E-state index in [1.165, 1.54) is 22.5 Å². The predicted octanol–water partition coefficient (Wildman–Crippen LogP) is 5.10. The smallest absolute Gasteiger partial charge is 0.264 e. The van der Waals surface area contributed by atoms with Crippen molar-refractivity contribution in [1.29, 1.82) is 0 Å². The number of carbonyl (C=O) groups is 2.